The monoisotopic (exact) mass is 266 g/mol. The van der Waals surface area contributed by atoms with Crippen molar-refractivity contribution < 1.29 is 4.79 Å². The van der Waals surface area contributed by atoms with Gasteiger partial charge in [-0.25, -0.2) is 0 Å². The van der Waals surface area contributed by atoms with Crippen LogP contribution < -0.4 is 10.9 Å². The Morgan fingerprint density at radius 1 is 1.00 bits per heavy atom. The summed E-state index contributed by atoms with van der Waals surface area (Å²) >= 11 is 0. The molecular weight excluding hydrogens is 248 g/mol. The lowest BCUT2D eigenvalue weighted by atomic mass is 10.1. The first-order valence-electron chi connectivity index (χ1n) is 6.51. The second kappa shape index (κ2) is 6.57. The van der Waals surface area contributed by atoms with Gasteiger partial charge < -0.3 is 0 Å². The SMILES string of the molecule is Cc1ccc(NNC(=O)/C=C/c2ccccc2)cc1C. The van der Waals surface area contributed by atoms with Crippen molar-refractivity contribution in [3.05, 3.63) is 71.3 Å². The van der Waals surface area contributed by atoms with Gasteiger partial charge in [0.1, 0.15) is 0 Å². The second-order valence-electron chi connectivity index (χ2n) is 4.66. The highest BCUT2D eigenvalue weighted by Gasteiger charge is 1.97. The Morgan fingerprint density at radius 2 is 1.75 bits per heavy atom. The summed E-state index contributed by atoms with van der Waals surface area (Å²) in [5.74, 6) is -0.188. The van der Waals surface area contributed by atoms with Crippen LogP contribution in [0.15, 0.2) is 54.6 Å². The molecule has 0 unspecified atom stereocenters. The molecule has 0 saturated heterocycles. The van der Waals surface area contributed by atoms with E-state index in [9.17, 15) is 4.79 Å². The summed E-state index contributed by atoms with van der Waals surface area (Å²) in [5.41, 5.74) is 9.81. The van der Waals surface area contributed by atoms with Crippen molar-refractivity contribution in [3.8, 4) is 0 Å². The predicted molar refractivity (Wildman–Crippen MR) is 83.2 cm³/mol. The highest BCUT2D eigenvalue weighted by atomic mass is 16.2. The minimum Gasteiger partial charge on any atom is -0.298 e. The fraction of sp³-hybridized carbons (Fsp3) is 0.118. The lowest BCUT2D eigenvalue weighted by molar-refractivity contribution is -0.115. The topological polar surface area (TPSA) is 41.1 Å². The predicted octanol–water partition coefficient (Wildman–Crippen LogP) is 3.46. The van der Waals surface area contributed by atoms with E-state index in [2.05, 4.69) is 17.8 Å². The molecule has 2 N–H and O–H groups in total. The van der Waals surface area contributed by atoms with Crippen LogP contribution >= 0.6 is 0 Å². The van der Waals surface area contributed by atoms with Gasteiger partial charge in [-0.2, -0.15) is 0 Å². The highest BCUT2D eigenvalue weighted by Crippen LogP contribution is 2.13. The van der Waals surface area contributed by atoms with Crippen LogP contribution in [0, 0.1) is 13.8 Å². The van der Waals surface area contributed by atoms with Crippen molar-refractivity contribution in [1.82, 2.24) is 5.43 Å². The van der Waals surface area contributed by atoms with Crippen molar-refractivity contribution in [2.24, 2.45) is 0 Å². The summed E-state index contributed by atoms with van der Waals surface area (Å²) in [6.45, 7) is 4.10. The average Bonchev–Trinajstić information content (AvgIpc) is 2.47. The third kappa shape index (κ3) is 3.99. The van der Waals surface area contributed by atoms with Crippen LogP contribution in [0.5, 0.6) is 0 Å². The summed E-state index contributed by atoms with van der Waals surface area (Å²) in [6.07, 6.45) is 3.28. The fourth-order valence-corrected chi connectivity index (χ4v) is 1.73. The lowest BCUT2D eigenvalue weighted by Crippen LogP contribution is -2.27. The number of amides is 1. The third-order valence-corrected chi connectivity index (χ3v) is 3.06. The van der Waals surface area contributed by atoms with Crippen LogP contribution in [0.2, 0.25) is 0 Å². The van der Waals surface area contributed by atoms with Gasteiger partial charge in [0.05, 0.1) is 5.69 Å². The van der Waals surface area contributed by atoms with Crippen molar-refractivity contribution in [2.75, 3.05) is 5.43 Å². The quantitative estimate of drug-likeness (QED) is 0.657. The molecule has 0 aromatic heterocycles. The summed E-state index contributed by atoms with van der Waals surface area (Å²) in [7, 11) is 0. The molecule has 0 aliphatic carbocycles. The molecule has 102 valence electrons. The number of carbonyl (C=O) groups is 1. The molecule has 0 saturated carbocycles. The fourth-order valence-electron chi connectivity index (χ4n) is 1.73. The van der Waals surface area contributed by atoms with E-state index in [-0.39, 0.29) is 5.91 Å². The summed E-state index contributed by atoms with van der Waals surface area (Å²) < 4.78 is 0. The van der Waals surface area contributed by atoms with Crippen LogP contribution in [0.3, 0.4) is 0 Å². The summed E-state index contributed by atoms with van der Waals surface area (Å²) in [6, 6.07) is 15.7. The standard InChI is InChI=1S/C17H18N2O/c1-13-8-10-16(12-14(13)2)18-19-17(20)11-9-15-6-4-3-5-7-15/h3-12,18H,1-2H3,(H,19,20)/b11-9+. The van der Waals surface area contributed by atoms with E-state index in [0.717, 1.165) is 11.3 Å². The molecule has 2 aromatic rings. The molecule has 3 heteroatoms. The number of aryl methyl sites for hydroxylation is 2. The van der Waals surface area contributed by atoms with Crippen LogP contribution in [0.25, 0.3) is 6.08 Å². The Bertz CT molecular complexity index is 618. The first kappa shape index (κ1) is 13.9. The molecule has 0 spiro atoms. The van der Waals surface area contributed by atoms with Crippen molar-refractivity contribution in [3.63, 3.8) is 0 Å². The number of benzene rings is 2. The second-order valence-corrected chi connectivity index (χ2v) is 4.66. The highest BCUT2D eigenvalue weighted by molar-refractivity contribution is 5.92. The van der Waals surface area contributed by atoms with E-state index in [0.29, 0.717) is 0 Å². The van der Waals surface area contributed by atoms with Crippen molar-refractivity contribution >= 4 is 17.7 Å². The molecule has 0 heterocycles. The van der Waals surface area contributed by atoms with Gasteiger partial charge in [-0.1, -0.05) is 36.4 Å². The van der Waals surface area contributed by atoms with E-state index < -0.39 is 0 Å². The zero-order chi connectivity index (χ0) is 14.4. The van der Waals surface area contributed by atoms with Gasteiger partial charge in [0.25, 0.3) is 5.91 Å². The Hall–Kier alpha value is -2.55. The molecule has 0 bridgehead atoms. The van der Waals surface area contributed by atoms with E-state index in [1.54, 1.807) is 6.08 Å². The number of hydrogen-bond acceptors (Lipinski definition) is 2. The molecule has 0 atom stereocenters. The molecule has 0 aliphatic heterocycles. The number of nitrogens with one attached hydrogen (secondary N) is 2. The number of carbonyl (C=O) groups excluding carboxylic acids is 1. The minimum absolute atomic E-state index is 0.188. The van der Waals surface area contributed by atoms with Gasteiger partial charge in [-0.15, -0.1) is 0 Å². The van der Waals surface area contributed by atoms with Crippen LogP contribution in [0.4, 0.5) is 5.69 Å². The number of hydrazine groups is 1. The van der Waals surface area contributed by atoms with Gasteiger partial charge in [-0.05, 0) is 48.7 Å². The normalized spacial score (nSPS) is 10.5. The molecule has 2 aromatic carbocycles. The van der Waals surface area contributed by atoms with Crippen molar-refractivity contribution in [1.29, 1.82) is 0 Å². The van der Waals surface area contributed by atoms with E-state index in [1.165, 1.54) is 17.2 Å². The zero-order valence-corrected chi connectivity index (χ0v) is 11.7. The Balaban J connectivity index is 1.89. The molecule has 3 nitrogen and oxygen atoms in total. The molecule has 0 aliphatic rings. The van der Waals surface area contributed by atoms with Gasteiger partial charge >= 0.3 is 0 Å². The van der Waals surface area contributed by atoms with Crippen LogP contribution in [-0.2, 0) is 4.79 Å². The molecule has 1 amide bonds. The molecule has 20 heavy (non-hydrogen) atoms. The number of rotatable bonds is 4. The third-order valence-electron chi connectivity index (χ3n) is 3.06. The summed E-state index contributed by atoms with van der Waals surface area (Å²) in [5, 5.41) is 0. The van der Waals surface area contributed by atoms with Gasteiger partial charge in [0.2, 0.25) is 0 Å². The first-order valence-corrected chi connectivity index (χ1v) is 6.51. The van der Waals surface area contributed by atoms with Crippen LogP contribution in [-0.4, -0.2) is 5.91 Å². The molecule has 2 rings (SSSR count). The Labute approximate surface area is 119 Å². The maximum absolute atomic E-state index is 11.7. The minimum atomic E-state index is -0.188. The average molecular weight is 266 g/mol. The van der Waals surface area contributed by atoms with E-state index in [4.69, 9.17) is 0 Å². The van der Waals surface area contributed by atoms with Crippen LogP contribution in [0.1, 0.15) is 16.7 Å². The molecule has 0 fully saturated rings. The zero-order valence-electron chi connectivity index (χ0n) is 11.7. The molecule has 0 radical (unpaired) electrons. The van der Waals surface area contributed by atoms with Gasteiger partial charge in [0.15, 0.2) is 0 Å². The maximum Gasteiger partial charge on any atom is 0.262 e. The number of hydrogen-bond donors (Lipinski definition) is 2. The van der Waals surface area contributed by atoms with Crippen molar-refractivity contribution in [2.45, 2.75) is 13.8 Å². The Morgan fingerprint density at radius 3 is 2.45 bits per heavy atom. The maximum atomic E-state index is 11.7. The van der Waals surface area contributed by atoms with E-state index >= 15 is 0 Å². The summed E-state index contributed by atoms with van der Waals surface area (Å²) in [4.78, 5) is 11.7. The van der Waals surface area contributed by atoms with E-state index in [1.807, 2.05) is 55.5 Å². The smallest absolute Gasteiger partial charge is 0.262 e. The lowest BCUT2D eigenvalue weighted by Gasteiger charge is -2.08. The largest absolute Gasteiger partial charge is 0.298 e. The first-order chi connectivity index (χ1) is 9.65. The molecular formula is C17H18N2O. The Kier molecular flexibility index (Phi) is 4.56. The number of anilines is 1. The van der Waals surface area contributed by atoms with Gasteiger partial charge in [-0.3, -0.25) is 15.6 Å². The van der Waals surface area contributed by atoms with Gasteiger partial charge in [0, 0.05) is 6.08 Å².